The minimum atomic E-state index is -4.37. The number of aliphatic hydroxyl groups excluding tert-OH is 1. The van der Waals surface area contributed by atoms with Gasteiger partial charge in [0.25, 0.3) is 0 Å². The normalized spacial score (nSPS) is 21.2. The first-order valence-electron chi connectivity index (χ1n) is 4.44. The van der Waals surface area contributed by atoms with Crippen LogP contribution in [0.3, 0.4) is 0 Å². The van der Waals surface area contributed by atoms with Crippen LogP contribution in [-0.2, 0) is 17.5 Å². The molecule has 1 atom stereocenters. The van der Waals surface area contributed by atoms with Gasteiger partial charge in [-0.15, -0.1) is 0 Å². The van der Waals surface area contributed by atoms with Gasteiger partial charge >= 0.3 is 6.18 Å². The molecule has 0 fully saturated rings. The zero-order valence-electron chi connectivity index (χ0n) is 7.71. The first-order valence-corrected chi connectivity index (χ1v) is 4.44. The molecular weight excluding hydrogens is 209 g/mol. The molecule has 1 aliphatic heterocycles. The first kappa shape index (κ1) is 10.4. The van der Waals surface area contributed by atoms with E-state index in [2.05, 4.69) is 0 Å². The van der Waals surface area contributed by atoms with Gasteiger partial charge in [-0.1, -0.05) is 6.07 Å². The number of rotatable bonds is 0. The van der Waals surface area contributed by atoms with Crippen molar-refractivity contribution in [2.75, 3.05) is 6.61 Å². The van der Waals surface area contributed by atoms with Crippen molar-refractivity contribution in [1.29, 1.82) is 0 Å². The van der Waals surface area contributed by atoms with E-state index in [0.717, 1.165) is 12.1 Å². The van der Waals surface area contributed by atoms with Gasteiger partial charge in [-0.05, 0) is 23.3 Å². The van der Waals surface area contributed by atoms with Crippen LogP contribution < -0.4 is 0 Å². The number of hydrogen-bond donors (Lipinski definition) is 1. The molecule has 2 rings (SSSR count). The Morgan fingerprint density at radius 1 is 1.33 bits per heavy atom. The van der Waals surface area contributed by atoms with E-state index in [1.165, 1.54) is 6.07 Å². The lowest BCUT2D eigenvalue weighted by atomic mass is 9.98. The largest absolute Gasteiger partial charge is 0.416 e. The van der Waals surface area contributed by atoms with E-state index in [0.29, 0.717) is 11.1 Å². The summed E-state index contributed by atoms with van der Waals surface area (Å²) in [6, 6.07) is 3.34. The van der Waals surface area contributed by atoms with Gasteiger partial charge in [-0.2, -0.15) is 13.2 Å². The second-order valence-electron chi connectivity index (χ2n) is 3.44. The van der Waals surface area contributed by atoms with Gasteiger partial charge in [0.05, 0.1) is 18.8 Å². The van der Waals surface area contributed by atoms with Gasteiger partial charge in [0.15, 0.2) is 0 Å². The Morgan fingerprint density at radius 3 is 2.73 bits per heavy atom. The lowest BCUT2D eigenvalue weighted by Crippen LogP contribution is -2.17. The van der Waals surface area contributed by atoms with Crippen LogP contribution in [0.1, 0.15) is 22.8 Å². The standard InChI is InChI=1S/C10H9F3O2/c11-10(12,13)7-2-1-6-4-15-5-9(14)8(6)3-7/h1-3,9,14H,4-5H2. The quantitative estimate of drug-likeness (QED) is 0.723. The summed E-state index contributed by atoms with van der Waals surface area (Å²) in [5, 5.41) is 9.46. The number of alkyl halides is 3. The van der Waals surface area contributed by atoms with Crippen LogP contribution in [0.2, 0.25) is 0 Å². The van der Waals surface area contributed by atoms with E-state index in [9.17, 15) is 18.3 Å². The van der Waals surface area contributed by atoms with Crippen LogP contribution >= 0.6 is 0 Å². The van der Waals surface area contributed by atoms with Crippen LogP contribution in [-0.4, -0.2) is 11.7 Å². The molecule has 0 saturated carbocycles. The predicted molar refractivity (Wildman–Crippen MR) is 46.1 cm³/mol. The maximum Gasteiger partial charge on any atom is 0.416 e. The van der Waals surface area contributed by atoms with Crippen molar-refractivity contribution < 1.29 is 23.0 Å². The Kier molecular flexibility index (Phi) is 2.44. The van der Waals surface area contributed by atoms with Crippen LogP contribution in [0.15, 0.2) is 18.2 Å². The van der Waals surface area contributed by atoms with Crippen molar-refractivity contribution in [2.45, 2.75) is 18.9 Å². The Hall–Kier alpha value is -1.07. The van der Waals surface area contributed by atoms with Gasteiger partial charge in [-0.3, -0.25) is 0 Å². The molecule has 0 saturated heterocycles. The SMILES string of the molecule is OC1COCc2ccc(C(F)(F)F)cc21. The highest BCUT2D eigenvalue weighted by atomic mass is 19.4. The summed E-state index contributed by atoms with van der Waals surface area (Å²) in [5.41, 5.74) is 0.194. The number of hydrogen-bond acceptors (Lipinski definition) is 2. The van der Waals surface area contributed by atoms with Crippen molar-refractivity contribution >= 4 is 0 Å². The highest BCUT2D eigenvalue weighted by Gasteiger charge is 2.32. The van der Waals surface area contributed by atoms with Crippen molar-refractivity contribution in [2.24, 2.45) is 0 Å². The Bertz CT molecular complexity index is 373. The zero-order valence-corrected chi connectivity index (χ0v) is 7.71. The van der Waals surface area contributed by atoms with Crippen LogP contribution in [0.25, 0.3) is 0 Å². The predicted octanol–water partition coefficient (Wildman–Crippen LogP) is 2.27. The van der Waals surface area contributed by atoms with Crippen LogP contribution in [0.5, 0.6) is 0 Å². The summed E-state index contributed by atoms with van der Waals surface area (Å²) < 4.78 is 42.1. The van der Waals surface area contributed by atoms with E-state index < -0.39 is 17.8 Å². The molecule has 2 nitrogen and oxygen atoms in total. The fourth-order valence-corrected chi connectivity index (χ4v) is 1.58. The topological polar surface area (TPSA) is 29.5 Å². The molecular formula is C10H9F3O2. The van der Waals surface area contributed by atoms with Gasteiger partial charge < -0.3 is 9.84 Å². The van der Waals surface area contributed by atoms with E-state index >= 15 is 0 Å². The number of benzene rings is 1. The average molecular weight is 218 g/mol. The Labute approximate surface area is 84.3 Å². The molecule has 15 heavy (non-hydrogen) atoms. The molecule has 0 spiro atoms. The zero-order chi connectivity index (χ0) is 11.1. The summed E-state index contributed by atoms with van der Waals surface area (Å²) in [7, 11) is 0. The monoisotopic (exact) mass is 218 g/mol. The van der Waals surface area contributed by atoms with Crippen LogP contribution in [0, 0.1) is 0 Å². The molecule has 1 unspecified atom stereocenters. The number of halogens is 3. The molecule has 1 aromatic carbocycles. The molecule has 0 amide bonds. The molecule has 1 heterocycles. The second-order valence-corrected chi connectivity index (χ2v) is 3.44. The van der Waals surface area contributed by atoms with E-state index in [-0.39, 0.29) is 13.2 Å². The summed E-state index contributed by atoms with van der Waals surface area (Å²) >= 11 is 0. The third kappa shape index (κ3) is 1.98. The number of fused-ring (bicyclic) bond motifs is 1. The van der Waals surface area contributed by atoms with Gasteiger partial charge in [0.1, 0.15) is 6.10 Å². The van der Waals surface area contributed by atoms with Crippen LogP contribution in [0.4, 0.5) is 13.2 Å². The molecule has 0 aliphatic carbocycles. The molecule has 82 valence electrons. The summed E-state index contributed by atoms with van der Waals surface area (Å²) in [6.45, 7) is 0.304. The summed E-state index contributed by atoms with van der Waals surface area (Å²) in [6.07, 6.45) is -5.33. The summed E-state index contributed by atoms with van der Waals surface area (Å²) in [5.74, 6) is 0. The highest BCUT2D eigenvalue weighted by Crippen LogP contribution is 2.33. The van der Waals surface area contributed by atoms with Gasteiger partial charge in [-0.25, -0.2) is 0 Å². The lowest BCUT2D eigenvalue weighted by molar-refractivity contribution is -0.137. The fraction of sp³-hybridized carbons (Fsp3) is 0.400. The average Bonchev–Trinajstić information content (AvgIpc) is 2.16. The minimum absolute atomic E-state index is 0.0499. The molecule has 0 radical (unpaired) electrons. The minimum Gasteiger partial charge on any atom is -0.386 e. The maximum atomic E-state index is 12.4. The number of aliphatic hydroxyl groups is 1. The second kappa shape index (κ2) is 3.50. The highest BCUT2D eigenvalue weighted by molar-refractivity contribution is 5.35. The van der Waals surface area contributed by atoms with Crippen molar-refractivity contribution in [3.8, 4) is 0 Å². The summed E-state index contributed by atoms with van der Waals surface area (Å²) in [4.78, 5) is 0. The first-order chi connectivity index (χ1) is 6.98. The maximum absolute atomic E-state index is 12.4. The van der Waals surface area contributed by atoms with E-state index in [1.54, 1.807) is 0 Å². The molecule has 0 bridgehead atoms. The number of ether oxygens (including phenoxy) is 1. The Balaban J connectivity index is 2.44. The molecule has 1 aliphatic rings. The smallest absolute Gasteiger partial charge is 0.386 e. The van der Waals surface area contributed by atoms with Crippen molar-refractivity contribution in [1.82, 2.24) is 0 Å². The molecule has 1 N–H and O–H groups in total. The molecule has 0 aromatic heterocycles. The van der Waals surface area contributed by atoms with Gasteiger partial charge in [0.2, 0.25) is 0 Å². The Morgan fingerprint density at radius 2 is 2.07 bits per heavy atom. The van der Waals surface area contributed by atoms with Crippen molar-refractivity contribution in [3.05, 3.63) is 34.9 Å². The third-order valence-electron chi connectivity index (χ3n) is 2.37. The fourth-order valence-electron chi connectivity index (χ4n) is 1.58. The van der Waals surface area contributed by atoms with Crippen molar-refractivity contribution in [3.63, 3.8) is 0 Å². The molecule has 1 aromatic rings. The van der Waals surface area contributed by atoms with E-state index in [4.69, 9.17) is 4.74 Å². The lowest BCUT2D eigenvalue weighted by Gasteiger charge is -2.22. The van der Waals surface area contributed by atoms with Gasteiger partial charge in [0, 0.05) is 0 Å². The molecule has 5 heteroatoms. The van der Waals surface area contributed by atoms with E-state index in [1.807, 2.05) is 0 Å². The third-order valence-corrected chi connectivity index (χ3v) is 2.37.